The van der Waals surface area contributed by atoms with Crippen LogP contribution in [-0.4, -0.2) is 38.2 Å². The summed E-state index contributed by atoms with van der Waals surface area (Å²) >= 11 is 3.41. The SMILES string of the molecule is COc1cc(Br)c(CC(=O)OC(C)C(=O)NC2CCCC2)cc1OC. The molecule has 1 N–H and O–H groups in total. The zero-order valence-corrected chi connectivity index (χ0v) is 16.4. The molecule has 1 unspecified atom stereocenters. The number of carbonyl (C=O) groups is 2. The lowest BCUT2D eigenvalue weighted by Gasteiger charge is -2.17. The predicted molar refractivity (Wildman–Crippen MR) is 96.9 cm³/mol. The van der Waals surface area contributed by atoms with Crippen LogP contribution in [0, 0.1) is 0 Å². The van der Waals surface area contributed by atoms with Crippen molar-refractivity contribution in [2.75, 3.05) is 14.2 Å². The number of benzene rings is 1. The second kappa shape index (κ2) is 9.08. The molecule has 0 bridgehead atoms. The zero-order chi connectivity index (χ0) is 18.4. The van der Waals surface area contributed by atoms with Crippen LogP contribution >= 0.6 is 15.9 Å². The number of esters is 1. The minimum absolute atomic E-state index is 0.0297. The van der Waals surface area contributed by atoms with E-state index in [1.165, 1.54) is 7.11 Å². The van der Waals surface area contributed by atoms with Crippen LogP contribution in [-0.2, 0) is 20.7 Å². The van der Waals surface area contributed by atoms with Crippen LogP contribution in [0.25, 0.3) is 0 Å². The molecular formula is C18H24BrNO5. The Balaban J connectivity index is 1.93. The number of hydrogen-bond donors (Lipinski definition) is 1. The molecule has 0 aliphatic heterocycles. The highest BCUT2D eigenvalue weighted by Gasteiger charge is 2.23. The van der Waals surface area contributed by atoms with Gasteiger partial charge in [0.05, 0.1) is 20.6 Å². The van der Waals surface area contributed by atoms with Gasteiger partial charge in [0.1, 0.15) is 0 Å². The summed E-state index contributed by atoms with van der Waals surface area (Å²) in [5, 5.41) is 2.93. The molecule has 1 atom stereocenters. The molecule has 2 rings (SSSR count). The number of amides is 1. The molecule has 1 amide bonds. The largest absolute Gasteiger partial charge is 0.493 e. The Kier molecular flexibility index (Phi) is 7.11. The van der Waals surface area contributed by atoms with Crippen LogP contribution in [0.1, 0.15) is 38.2 Å². The highest BCUT2D eigenvalue weighted by atomic mass is 79.9. The molecule has 1 aromatic carbocycles. The van der Waals surface area contributed by atoms with Crippen LogP contribution in [0.15, 0.2) is 16.6 Å². The van der Waals surface area contributed by atoms with Crippen molar-refractivity contribution in [1.29, 1.82) is 0 Å². The minimum atomic E-state index is -0.813. The van der Waals surface area contributed by atoms with Crippen LogP contribution in [0.5, 0.6) is 11.5 Å². The lowest BCUT2D eigenvalue weighted by Crippen LogP contribution is -2.41. The van der Waals surface area contributed by atoms with Crippen molar-refractivity contribution in [3.05, 3.63) is 22.2 Å². The van der Waals surface area contributed by atoms with Gasteiger partial charge in [-0.05, 0) is 37.5 Å². The average Bonchev–Trinajstić information content (AvgIpc) is 3.09. The van der Waals surface area contributed by atoms with Crippen molar-refractivity contribution in [3.8, 4) is 11.5 Å². The summed E-state index contributed by atoms with van der Waals surface area (Å²) in [7, 11) is 3.08. The highest BCUT2D eigenvalue weighted by Crippen LogP contribution is 2.33. The van der Waals surface area contributed by atoms with E-state index >= 15 is 0 Å². The molecule has 6 nitrogen and oxygen atoms in total. The van der Waals surface area contributed by atoms with Gasteiger partial charge in [-0.1, -0.05) is 28.8 Å². The van der Waals surface area contributed by atoms with Crippen molar-refractivity contribution in [1.82, 2.24) is 5.32 Å². The molecule has 0 spiro atoms. The second-order valence-electron chi connectivity index (χ2n) is 6.10. The van der Waals surface area contributed by atoms with Crippen LogP contribution in [0.3, 0.4) is 0 Å². The monoisotopic (exact) mass is 413 g/mol. The van der Waals surface area contributed by atoms with Gasteiger partial charge in [0.15, 0.2) is 17.6 Å². The number of rotatable bonds is 7. The van der Waals surface area contributed by atoms with E-state index < -0.39 is 12.1 Å². The number of ether oxygens (including phenoxy) is 3. The van der Waals surface area contributed by atoms with Crippen molar-refractivity contribution in [3.63, 3.8) is 0 Å². The minimum Gasteiger partial charge on any atom is -0.493 e. The van der Waals surface area contributed by atoms with E-state index in [-0.39, 0.29) is 18.4 Å². The summed E-state index contributed by atoms with van der Waals surface area (Å²) in [6.07, 6.45) is 3.46. The average molecular weight is 414 g/mol. The lowest BCUT2D eigenvalue weighted by molar-refractivity contribution is -0.154. The number of nitrogens with one attached hydrogen (secondary N) is 1. The Bertz CT molecular complexity index is 628. The summed E-state index contributed by atoms with van der Waals surface area (Å²) in [4.78, 5) is 24.3. The fourth-order valence-corrected chi connectivity index (χ4v) is 3.33. The molecule has 1 aliphatic carbocycles. The molecule has 0 radical (unpaired) electrons. The van der Waals surface area contributed by atoms with Gasteiger partial charge in [-0.15, -0.1) is 0 Å². The van der Waals surface area contributed by atoms with Gasteiger partial charge < -0.3 is 19.5 Å². The Labute approximate surface area is 156 Å². The van der Waals surface area contributed by atoms with E-state index in [0.717, 1.165) is 25.7 Å². The molecule has 0 heterocycles. The molecule has 0 aromatic heterocycles. The van der Waals surface area contributed by atoms with E-state index in [1.807, 2.05) is 0 Å². The topological polar surface area (TPSA) is 73.9 Å². The Hall–Kier alpha value is -1.76. The summed E-state index contributed by atoms with van der Waals surface area (Å²) in [5.74, 6) is 0.380. The smallest absolute Gasteiger partial charge is 0.311 e. The van der Waals surface area contributed by atoms with Crippen LogP contribution in [0.4, 0.5) is 0 Å². The lowest BCUT2D eigenvalue weighted by atomic mass is 10.1. The van der Waals surface area contributed by atoms with Gasteiger partial charge in [0.2, 0.25) is 0 Å². The zero-order valence-electron chi connectivity index (χ0n) is 14.8. The maximum absolute atomic E-state index is 12.2. The fourth-order valence-electron chi connectivity index (χ4n) is 2.87. The Morgan fingerprint density at radius 2 is 1.80 bits per heavy atom. The molecule has 1 saturated carbocycles. The van der Waals surface area contributed by atoms with E-state index in [4.69, 9.17) is 14.2 Å². The van der Waals surface area contributed by atoms with Gasteiger partial charge in [-0.3, -0.25) is 9.59 Å². The maximum Gasteiger partial charge on any atom is 0.311 e. The molecule has 1 aromatic rings. The van der Waals surface area contributed by atoms with E-state index in [1.54, 1.807) is 26.2 Å². The molecule has 138 valence electrons. The van der Waals surface area contributed by atoms with E-state index in [9.17, 15) is 9.59 Å². The van der Waals surface area contributed by atoms with Gasteiger partial charge in [-0.25, -0.2) is 0 Å². The fraction of sp³-hybridized carbons (Fsp3) is 0.556. The number of methoxy groups -OCH3 is 2. The van der Waals surface area contributed by atoms with Crippen molar-refractivity contribution in [2.45, 2.75) is 51.2 Å². The number of carbonyl (C=O) groups excluding carboxylic acids is 2. The van der Waals surface area contributed by atoms with Crippen LogP contribution in [0.2, 0.25) is 0 Å². The first-order valence-electron chi connectivity index (χ1n) is 8.34. The summed E-state index contributed by atoms with van der Waals surface area (Å²) in [6, 6.07) is 3.65. The molecule has 25 heavy (non-hydrogen) atoms. The molecule has 7 heteroatoms. The van der Waals surface area contributed by atoms with Gasteiger partial charge in [0, 0.05) is 10.5 Å². The third-order valence-corrected chi connectivity index (χ3v) is 5.00. The number of halogens is 1. The maximum atomic E-state index is 12.2. The highest BCUT2D eigenvalue weighted by molar-refractivity contribution is 9.10. The standard InChI is InChI=1S/C18H24BrNO5/c1-11(18(22)20-13-6-4-5-7-13)25-17(21)9-12-8-15(23-2)16(24-3)10-14(12)19/h8,10-11,13H,4-7,9H2,1-3H3,(H,20,22). The van der Waals surface area contributed by atoms with Gasteiger partial charge >= 0.3 is 5.97 Å². The van der Waals surface area contributed by atoms with Crippen molar-refractivity contribution >= 4 is 27.8 Å². The normalized spacial score (nSPS) is 15.5. The summed E-state index contributed by atoms with van der Waals surface area (Å²) < 4.78 is 16.4. The van der Waals surface area contributed by atoms with Gasteiger partial charge in [0.25, 0.3) is 5.91 Å². The molecule has 1 fully saturated rings. The quantitative estimate of drug-likeness (QED) is 0.695. The summed E-state index contributed by atoms with van der Waals surface area (Å²) in [5.41, 5.74) is 0.700. The predicted octanol–water partition coefficient (Wildman–Crippen LogP) is 3.00. The third kappa shape index (κ3) is 5.36. The van der Waals surface area contributed by atoms with Crippen LogP contribution < -0.4 is 14.8 Å². The molecule has 0 saturated heterocycles. The van der Waals surface area contributed by atoms with Crippen molar-refractivity contribution < 1.29 is 23.8 Å². The second-order valence-corrected chi connectivity index (χ2v) is 6.95. The first-order valence-corrected chi connectivity index (χ1v) is 9.14. The molecule has 1 aliphatic rings. The number of hydrogen-bond acceptors (Lipinski definition) is 5. The first kappa shape index (κ1) is 19.6. The summed E-state index contributed by atoms with van der Waals surface area (Å²) in [6.45, 7) is 1.59. The van der Waals surface area contributed by atoms with E-state index in [0.29, 0.717) is 21.5 Å². The Morgan fingerprint density at radius 3 is 2.40 bits per heavy atom. The molecular weight excluding hydrogens is 390 g/mol. The first-order chi connectivity index (χ1) is 11.9. The third-order valence-electron chi connectivity index (χ3n) is 4.27. The van der Waals surface area contributed by atoms with Gasteiger partial charge in [-0.2, -0.15) is 0 Å². The van der Waals surface area contributed by atoms with Crippen molar-refractivity contribution in [2.24, 2.45) is 0 Å². The van der Waals surface area contributed by atoms with E-state index in [2.05, 4.69) is 21.2 Å². The Morgan fingerprint density at radius 1 is 1.20 bits per heavy atom.